The van der Waals surface area contributed by atoms with E-state index in [-0.39, 0.29) is 9.78 Å². The molecule has 0 saturated carbocycles. The molecule has 2 aromatic rings. The molecule has 1 aliphatic rings. The molecule has 1 saturated heterocycles. The van der Waals surface area contributed by atoms with Crippen molar-refractivity contribution in [2.24, 2.45) is 5.92 Å². The first-order valence-electron chi connectivity index (χ1n) is 8.36. The predicted octanol–water partition coefficient (Wildman–Crippen LogP) is 4.21. The molecule has 12 heteroatoms. The lowest BCUT2D eigenvalue weighted by molar-refractivity contribution is -0.322. The highest BCUT2D eigenvalue weighted by Crippen LogP contribution is 2.48. The fourth-order valence-corrected chi connectivity index (χ4v) is 4.07. The van der Waals surface area contributed by atoms with Crippen LogP contribution in [-0.4, -0.2) is 40.8 Å². The first-order valence-corrected chi connectivity index (χ1v) is 9.24. The molecule has 2 heterocycles. The van der Waals surface area contributed by atoms with Crippen LogP contribution in [0.1, 0.15) is 26.8 Å². The van der Waals surface area contributed by atoms with Crippen LogP contribution in [0.3, 0.4) is 0 Å². The van der Waals surface area contributed by atoms with Crippen LogP contribution in [0.5, 0.6) is 0 Å². The van der Waals surface area contributed by atoms with E-state index in [4.69, 9.17) is 0 Å². The summed E-state index contributed by atoms with van der Waals surface area (Å²) in [5, 5.41) is 14.2. The van der Waals surface area contributed by atoms with Crippen LogP contribution in [0.2, 0.25) is 0 Å². The second kappa shape index (κ2) is 7.27. The lowest BCUT2D eigenvalue weighted by Crippen LogP contribution is -2.72. The van der Waals surface area contributed by atoms with Crippen LogP contribution in [-0.2, 0) is 6.18 Å². The quantitative estimate of drug-likeness (QED) is 0.542. The second-order valence-corrected chi connectivity index (χ2v) is 7.60. The summed E-state index contributed by atoms with van der Waals surface area (Å²) >= 11 is 0.803. The van der Waals surface area contributed by atoms with Gasteiger partial charge in [-0.1, -0.05) is 18.2 Å². The van der Waals surface area contributed by atoms with Crippen molar-refractivity contribution in [1.29, 1.82) is 0 Å². The third-order valence-corrected chi connectivity index (χ3v) is 5.78. The molecule has 0 unspecified atom stereocenters. The second-order valence-electron chi connectivity index (χ2n) is 6.65. The molecule has 3 atom stereocenters. The van der Waals surface area contributed by atoms with E-state index in [0.29, 0.717) is 19.2 Å². The van der Waals surface area contributed by atoms with Crippen LogP contribution in [0.4, 0.5) is 31.1 Å². The number of carbonyl (C=O) groups is 2. The third kappa shape index (κ3) is 3.54. The molecule has 1 aliphatic heterocycles. The van der Waals surface area contributed by atoms with E-state index in [2.05, 4.69) is 5.32 Å². The number of halogens is 6. The highest BCUT2D eigenvalue weighted by molar-refractivity contribution is 7.12. The minimum Gasteiger partial charge on any atom is -0.363 e. The van der Waals surface area contributed by atoms with Gasteiger partial charge in [-0.25, -0.2) is 4.79 Å². The Balaban J connectivity index is 2.22. The van der Waals surface area contributed by atoms with Crippen molar-refractivity contribution in [2.45, 2.75) is 24.1 Å². The van der Waals surface area contributed by atoms with Crippen LogP contribution in [0.15, 0.2) is 41.8 Å². The molecule has 1 fully saturated rings. The molecule has 2 N–H and O–H groups in total. The third-order valence-electron chi connectivity index (χ3n) is 4.90. The summed E-state index contributed by atoms with van der Waals surface area (Å²) in [4.78, 5) is 25.0. The van der Waals surface area contributed by atoms with Gasteiger partial charge in [0.1, 0.15) is 5.92 Å². The Morgan fingerprint density at radius 1 is 1.17 bits per heavy atom. The number of aliphatic hydroxyl groups is 1. The summed E-state index contributed by atoms with van der Waals surface area (Å²) in [6.07, 6.45) is -10.3. The molecule has 3 rings (SSSR count). The Hall–Kier alpha value is -2.60. The van der Waals surface area contributed by atoms with Crippen molar-refractivity contribution >= 4 is 23.2 Å². The number of Topliss-reactive ketones (excluding diaryl/α,β-unsaturated/α-hetero) is 1. The molecule has 30 heavy (non-hydrogen) atoms. The van der Waals surface area contributed by atoms with Gasteiger partial charge in [0, 0.05) is 7.05 Å². The van der Waals surface area contributed by atoms with E-state index in [1.54, 1.807) is 0 Å². The van der Waals surface area contributed by atoms with Crippen molar-refractivity contribution in [2.75, 3.05) is 7.05 Å². The molecular formula is C18H14F6N2O3S. The number of urea groups is 1. The standard InChI is InChI=1S/C18H14F6N2O3S/c1-26-15(28)25-13(9-4-2-5-10(8-9)17(19,20)21)12(16(26,29)18(22,23)24)14(27)11-6-3-7-30-11/h2-8,12-13,29H,1H3,(H,25,28)/t12-,13+,16-/m0/s1. The predicted molar refractivity (Wildman–Crippen MR) is 93.6 cm³/mol. The molecule has 5 nitrogen and oxygen atoms in total. The lowest BCUT2D eigenvalue weighted by atomic mass is 9.77. The molecule has 0 radical (unpaired) electrons. The van der Waals surface area contributed by atoms with Gasteiger partial charge in [0.15, 0.2) is 5.78 Å². The maximum atomic E-state index is 14.0. The summed E-state index contributed by atoms with van der Waals surface area (Å²) in [6, 6.07) is 2.61. The SMILES string of the molecule is CN1C(=O)N[C@H](c2cccc(C(F)(F)F)c2)[C@@H](C(=O)c2cccs2)[C@]1(O)C(F)(F)F. The molecule has 1 aromatic carbocycles. The molecular weight excluding hydrogens is 438 g/mol. The largest absolute Gasteiger partial charge is 0.437 e. The number of hydrogen-bond acceptors (Lipinski definition) is 4. The van der Waals surface area contributed by atoms with Crippen molar-refractivity contribution in [1.82, 2.24) is 10.2 Å². The van der Waals surface area contributed by atoms with E-state index in [0.717, 1.165) is 23.5 Å². The normalized spacial score (nSPS) is 25.2. The summed E-state index contributed by atoms with van der Waals surface area (Å²) < 4.78 is 81.2. The maximum absolute atomic E-state index is 14.0. The van der Waals surface area contributed by atoms with Gasteiger partial charge < -0.3 is 10.4 Å². The Bertz CT molecular complexity index is 960. The fourth-order valence-electron chi connectivity index (χ4n) is 3.37. The highest BCUT2D eigenvalue weighted by Gasteiger charge is 2.69. The zero-order valence-electron chi connectivity index (χ0n) is 15.1. The Labute approximate surface area is 169 Å². The van der Waals surface area contributed by atoms with Crippen molar-refractivity contribution in [3.63, 3.8) is 0 Å². The van der Waals surface area contributed by atoms with Crippen LogP contribution < -0.4 is 5.32 Å². The first kappa shape index (κ1) is 22.1. The number of ketones is 1. The average molecular weight is 452 g/mol. The zero-order chi connectivity index (χ0) is 22.5. The molecule has 0 bridgehead atoms. The van der Waals surface area contributed by atoms with Gasteiger partial charge >= 0.3 is 18.4 Å². The minimum atomic E-state index is -5.48. The molecule has 0 spiro atoms. The topological polar surface area (TPSA) is 69.6 Å². The number of nitrogens with one attached hydrogen (secondary N) is 1. The van der Waals surface area contributed by atoms with E-state index >= 15 is 0 Å². The lowest BCUT2D eigenvalue weighted by Gasteiger charge is -2.49. The molecule has 0 aliphatic carbocycles. The van der Waals surface area contributed by atoms with E-state index in [9.17, 15) is 41.0 Å². The number of carbonyl (C=O) groups excluding carboxylic acids is 2. The Morgan fingerprint density at radius 3 is 2.37 bits per heavy atom. The summed E-state index contributed by atoms with van der Waals surface area (Å²) in [5.41, 5.74) is -5.52. The summed E-state index contributed by atoms with van der Waals surface area (Å²) in [6.45, 7) is 0. The fraction of sp³-hybridized carbons (Fsp3) is 0.333. The number of alkyl halides is 6. The smallest absolute Gasteiger partial charge is 0.363 e. The Morgan fingerprint density at radius 2 is 1.83 bits per heavy atom. The highest BCUT2D eigenvalue weighted by atomic mass is 32.1. The van der Waals surface area contributed by atoms with Crippen LogP contribution >= 0.6 is 11.3 Å². The average Bonchev–Trinajstić information content (AvgIpc) is 3.18. The van der Waals surface area contributed by atoms with Crippen molar-refractivity contribution in [3.05, 3.63) is 57.8 Å². The number of amides is 2. The molecule has 162 valence electrons. The number of rotatable bonds is 3. The summed E-state index contributed by atoms with van der Waals surface area (Å²) in [5.74, 6) is -3.53. The van der Waals surface area contributed by atoms with Gasteiger partial charge in [-0.15, -0.1) is 11.3 Å². The minimum absolute atomic E-state index is 0.0622. The van der Waals surface area contributed by atoms with Gasteiger partial charge in [-0.05, 0) is 29.1 Å². The van der Waals surface area contributed by atoms with Crippen LogP contribution in [0.25, 0.3) is 0 Å². The zero-order valence-corrected chi connectivity index (χ0v) is 15.9. The van der Waals surface area contributed by atoms with Gasteiger partial charge in [0.2, 0.25) is 0 Å². The van der Waals surface area contributed by atoms with Crippen molar-refractivity contribution in [3.8, 4) is 0 Å². The van der Waals surface area contributed by atoms with Gasteiger partial charge in [-0.3, -0.25) is 9.69 Å². The molecule has 2 amide bonds. The number of nitrogens with zero attached hydrogens (tertiary/aromatic N) is 1. The number of benzene rings is 1. The summed E-state index contributed by atoms with van der Waals surface area (Å²) in [7, 11) is 0.653. The van der Waals surface area contributed by atoms with Crippen LogP contribution in [0, 0.1) is 5.92 Å². The van der Waals surface area contributed by atoms with E-state index in [1.165, 1.54) is 17.5 Å². The van der Waals surface area contributed by atoms with E-state index < -0.39 is 53.0 Å². The monoisotopic (exact) mass is 452 g/mol. The van der Waals surface area contributed by atoms with E-state index in [1.807, 2.05) is 0 Å². The van der Waals surface area contributed by atoms with Crippen molar-refractivity contribution < 1.29 is 41.0 Å². The number of thiophene rings is 1. The first-order chi connectivity index (χ1) is 13.8. The number of hydrogen-bond donors (Lipinski definition) is 2. The molecule has 1 aromatic heterocycles. The maximum Gasteiger partial charge on any atom is 0.437 e. The van der Waals surface area contributed by atoms with Gasteiger partial charge in [0.05, 0.1) is 16.5 Å². The van der Waals surface area contributed by atoms with Gasteiger partial charge in [0.25, 0.3) is 5.72 Å². The van der Waals surface area contributed by atoms with Gasteiger partial charge in [-0.2, -0.15) is 26.3 Å². The Kier molecular flexibility index (Phi) is 5.35.